The van der Waals surface area contributed by atoms with Gasteiger partial charge in [-0.1, -0.05) is 18.2 Å². The topological polar surface area (TPSA) is 94.2 Å². The predicted molar refractivity (Wildman–Crippen MR) is 121 cm³/mol. The number of benzene rings is 3. The summed E-state index contributed by atoms with van der Waals surface area (Å²) in [5.41, 5.74) is 8.17. The summed E-state index contributed by atoms with van der Waals surface area (Å²) in [6.07, 6.45) is 0. The lowest BCUT2D eigenvalue weighted by atomic mass is 9.90. The van der Waals surface area contributed by atoms with Crippen molar-refractivity contribution >= 4 is 17.5 Å². The number of hydrogen-bond acceptors (Lipinski definition) is 5. The van der Waals surface area contributed by atoms with Gasteiger partial charge in [0.15, 0.2) is 11.5 Å². The predicted octanol–water partition coefficient (Wildman–Crippen LogP) is 3.59. The lowest BCUT2D eigenvalue weighted by Gasteiger charge is -2.16. The van der Waals surface area contributed by atoms with Crippen LogP contribution in [0.15, 0.2) is 71.8 Å². The molecular formula is C25H22FN3O4. The van der Waals surface area contributed by atoms with Gasteiger partial charge in [-0.2, -0.15) is 5.10 Å². The van der Waals surface area contributed by atoms with E-state index in [0.717, 1.165) is 11.1 Å². The second kappa shape index (κ2) is 9.12. The van der Waals surface area contributed by atoms with Crippen LogP contribution in [0.3, 0.4) is 0 Å². The molecule has 2 amide bonds. The largest absolute Gasteiger partial charge is 0.493 e. The van der Waals surface area contributed by atoms with E-state index in [1.165, 1.54) is 30.3 Å². The quantitative estimate of drug-likeness (QED) is 0.625. The molecule has 1 unspecified atom stereocenters. The van der Waals surface area contributed by atoms with Crippen LogP contribution in [0.25, 0.3) is 0 Å². The first-order chi connectivity index (χ1) is 15.9. The van der Waals surface area contributed by atoms with Gasteiger partial charge in [-0.15, -0.1) is 0 Å². The van der Waals surface area contributed by atoms with E-state index in [-0.39, 0.29) is 18.0 Å². The van der Waals surface area contributed by atoms with E-state index in [2.05, 4.69) is 5.10 Å². The number of amides is 2. The first kappa shape index (κ1) is 22.0. The lowest BCUT2D eigenvalue weighted by Crippen LogP contribution is -2.26. The van der Waals surface area contributed by atoms with Crippen molar-refractivity contribution in [1.82, 2.24) is 5.01 Å². The molecule has 0 spiro atoms. The zero-order valence-electron chi connectivity index (χ0n) is 18.1. The number of methoxy groups -OCH3 is 2. The molecule has 0 fully saturated rings. The van der Waals surface area contributed by atoms with Gasteiger partial charge in [-0.25, -0.2) is 9.40 Å². The number of rotatable bonds is 6. The Morgan fingerprint density at radius 3 is 2.33 bits per heavy atom. The minimum Gasteiger partial charge on any atom is -0.493 e. The minimum atomic E-state index is -0.523. The van der Waals surface area contributed by atoms with Crippen molar-refractivity contribution in [2.75, 3.05) is 20.8 Å². The number of halogens is 1. The summed E-state index contributed by atoms with van der Waals surface area (Å²) < 4.78 is 24.4. The lowest BCUT2D eigenvalue weighted by molar-refractivity contribution is 0.0773. The van der Waals surface area contributed by atoms with Crippen molar-refractivity contribution < 1.29 is 23.5 Å². The highest BCUT2D eigenvalue weighted by Crippen LogP contribution is 2.34. The van der Waals surface area contributed by atoms with Gasteiger partial charge in [-0.3, -0.25) is 9.59 Å². The molecule has 0 radical (unpaired) electrons. The van der Waals surface area contributed by atoms with Gasteiger partial charge in [0.1, 0.15) is 5.82 Å². The van der Waals surface area contributed by atoms with Crippen LogP contribution in [-0.4, -0.2) is 43.3 Å². The van der Waals surface area contributed by atoms with E-state index in [4.69, 9.17) is 15.2 Å². The van der Waals surface area contributed by atoms with Crippen LogP contribution in [0.4, 0.5) is 4.39 Å². The highest BCUT2D eigenvalue weighted by Gasteiger charge is 2.33. The maximum atomic E-state index is 13.7. The number of nitrogens with two attached hydrogens (primary N) is 1. The Hall–Kier alpha value is -4.20. The fourth-order valence-electron chi connectivity index (χ4n) is 3.80. The summed E-state index contributed by atoms with van der Waals surface area (Å²) >= 11 is 0. The van der Waals surface area contributed by atoms with Crippen LogP contribution in [0.5, 0.6) is 11.5 Å². The van der Waals surface area contributed by atoms with Crippen LogP contribution < -0.4 is 15.2 Å². The SMILES string of the molecule is COc1ccc(C2=NN(C(=O)c3cccc(F)c3)CC2c2ccc(C(N)=O)cc2)cc1OC. The Labute approximate surface area is 190 Å². The fourth-order valence-corrected chi connectivity index (χ4v) is 3.80. The molecule has 0 bridgehead atoms. The van der Waals surface area contributed by atoms with E-state index in [9.17, 15) is 14.0 Å². The second-order valence-corrected chi connectivity index (χ2v) is 7.49. The molecule has 0 saturated carbocycles. The molecule has 0 aromatic heterocycles. The summed E-state index contributed by atoms with van der Waals surface area (Å²) in [7, 11) is 3.09. The first-order valence-electron chi connectivity index (χ1n) is 10.2. The molecule has 7 nitrogen and oxygen atoms in total. The second-order valence-electron chi connectivity index (χ2n) is 7.49. The Kier molecular flexibility index (Phi) is 6.08. The van der Waals surface area contributed by atoms with E-state index in [0.29, 0.717) is 22.8 Å². The molecule has 3 aromatic rings. The molecule has 0 aliphatic carbocycles. The molecule has 3 aromatic carbocycles. The number of hydrazone groups is 1. The number of hydrogen-bond donors (Lipinski definition) is 1. The number of carbonyl (C=O) groups excluding carboxylic acids is 2. The van der Waals surface area contributed by atoms with Gasteiger partial charge in [0, 0.05) is 22.6 Å². The molecule has 33 heavy (non-hydrogen) atoms. The van der Waals surface area contributed by atoms with Crippen molar-refractivity contribution in [2.45, 2.75) is 5.92 Å². The van der Waals surface area contributed by atoms with E-state index >= 15 is 0 Å². The monoisotopic (exact) mass is 447 g/mol. The van der Waals surface area contributed by atoms with Crippen molar-refractivity contribution in [3.63, 3.8) is 0 Å². The van der Waals surface area contributed by atoms with Gasteiger partial charge in [0.05, 0.1) is 26.5 Å². The Morgan fingerprint density at radius 1 is 0.970 bits per heavy atom. The summed E-state index contributed by atoms with van der Waals surface area (Å²) in [4.78, 5) is 24.5. The van der Waals surface area contributed by atoms with Gasteiger partial charge >= 0.3 is 0 Å². The first-order valence-corrected chi connectivity index (χ1v) is 10.2. The highest BCUT2D eigenvalue weighted by molar-refractivity contribution is 6.08. The number of nitrogens with zero attached hydrogens (tertiary/aromatic N) is 2. The van der Waals surface area contributed by atoms with Crippen LogP contribution in [0.2, 0.25) is 0 Å². The van der Waals surface area contributed by atoms with Gasteiger partial charge in [0.2, 0.25) is 5.91 Å². The molecule has 4 rings (SSSR count). The van der Waals surface area contributed by atoms with Gasteiger partial charge in [0.25, 0.3) is 5.91 Å². The summed E-state index contributed by atoms with van der Waals surface area (Å²) in [5.74, 6) is -0.635. The Balaban J connectivity index is 1.75. The molecule has 2 N–H and O–H groups in total. The van der Waals surface area contributed by atoms with Crippen LogP contribution in [-0.2, 0) is 0 Å². The van der Waals surface area contributed by atoms with Crippen LogP contribution in [0, 0.1) is 5.82 Å². The summed E-state index contributed by atoms with van der Waals surface area (Å²) in [5, 5.41) is 5.93. The molecule has 1 atom stereocenters. The standard InChI is InChI=1S/C25H22FN3O4/c1-32-21-11-10-17(13-22(21)33-2)23-20(15-6-8-16(9-7-15)24(27)30)14-29(28-23)25(31)18-4-3-5-19(26)12-18/h3-13,20H,14H2,1-2H3,(H2,27,30). The maximum Gasteiger partial charge on any atom is 0.274 e. The molecule has 168 valence electrons. The van der Waals surface area contributed by atoms with Crippen LogP contribution in [0.1, 0.15) is 37.8 Å². The molecule has 0 saturated heterocycles. The number of ether oxygens (including phenoxy) is 2. The average molecular weight is 447 g/mol. The van der Waals surface area contributed by atoms with Crippen LogP contribution >= 0.6 is 0 Å². The molecule has 8 heteroatoms. The fraction of sp³-hybridized carbons (Fsp3) is 0.160. The minimum absolute atomic E-state index is 0.204. The molecular weight excluding hydrogens is 425 g/mol. The molecule has 1 heterocycles. The average Bonchev–Trinajstić information content (AvgIpc) is 3.28. The van der Waals surface area contributed by atoms with Crippen molar-refractivity contribution in [3.05, 3.63) is 94.8 Å². The van der Waals surface area contributed by atoms with Gasteiger partial charge < -0.3 is 15.2 Å². The van der Waals surface area contributed by atoms with E-state index in [1.807, 2.05) is 6.07 Å². The number of primary amides is 1. The Bertz CT molecular complexity index is 1240. The summed E-state index contributed by atoms with van der Waals surface area (Å²) in [6, 6.07) is 17.7. The van der Waals surface area contributed by atoms with E-state index in [1.54, 1.807) is 49.6 Å². The zero-order chi connectivity index (χ0) is 23.5. The Morgan fingerprint density at radius 2 is 1.70 bits per heavy atom. The third kappa shape index (κ3) is 4.41. The smallest absolute Gasteiger partial charge is 0.274 e. The number of carbonyl (C=O) groups is 2. The normalized spacial score (nSPS) is 15.2. The highest BCUT2D eigenvalue weighted by atomic mass is 19.1. The van der Waals surface area contributed by atoms with Crippen molar-refractivity contribution in [2.24, 2.45) is 10.8 Å². The van der Waals surface area contributed by atoms with Crippen molar-refractivity contribution in [3.8, 4) is 11.5 Å². The molecule has 1 aliphatic heterocycles. The third-order valence-electron chi connectivity index (χ3n) is 5.50. The summed E-state index contributed by atoms with van der Waals surface area (Å²) in [6.45, 7) is 0.245. The molecule has 1 aliphatic rings. The third-order valence-corrected chi connectivity index (χ3v) is 5.50. The maximum absolute atomic E-state index is 13.7. The van der Waals surface area contributed by atoms with E-state index < -0.39 is 17.6 Å². The van der Waals surface area contributed by atoms with Gasteiger partial charge in [-0.05, 0) is 54.1 Å². The van der Waals surface area contributed by atoms with Crippen molar-refractivity contribution in [1.29, 1.82) is 0 Å². The zero-order valence-corrected chi connectivity index (χ0v) is 18.1.